The summed E-state index contributed by atoms with van der Waals surface area (Å²) in [5.74, 6) is -2.43. The maximum Gasteiger partial charge on any atom is 0.248 e. The number of hydrogen-bond donors (Lipinski definition) is 0. The fourth-order valence-corrected chi connectivity index (χ4v) is 3.97. The van der Waals surface area contributed by atoms with Crippen molar-refractivity contribution in [3.8, 4) is 0 Å². The molecule has 1 aromatic rings. The van der Waals surface area contributed by atoms with Gasteiger partial charge in [0.05, 0.1) is 6.04 Å². The fourth-order valence-electron chi connectivity index (χ4n) is 3.97. The quantitative estimate of drug-likeness (QED) is 0.848. The van der Waals surface area contributed by atoms with E-state index in [1.54, 1.807) is 6.20 Å². The normalized spacial score (nSPS) is 27.9. The number of aromatic nitrogens is 2. The van der Waals surface area contributed by atoms with Crippen molar-refractivity contribution in [1.82, 2.24) is 14.5 Å². The molecule has 0 unspecified atom stereocenters. The van der Waals surface area contributed by atoms with E-state index in [1.807, 2.05) is 22.6 Å². The van der Waals surface area contributed by atoms with Crippen LogP contribution in [0, 0.1) is 5.92 Å². The van der Waals surface area contributed by atoms with Crippen LogP contribution in [0.15, 0.2) is 12.4 Å². The van der Waals surface area contributed by atoms with Crippen LogP contribution in [0.2, 0.25) is 0 Å². The van der Waals surface area contributed by atoms with Gasteiger partial charge in [-0.05, 0) is 39.0 Å². The summed E-state index contributed by atoms with van der Waals surface area (Å²) in [5, 5.41) is 0. The highest BCUT2D eigenvalue weighted by Crippen LogP contribution is 2.39. The SMILES string of the molecule is CCn1ccnc1[C@H]1CCCCN1C(=O)[C@@H]1CCCC(F)(F)C1. The molecule has 0 N–H and O–H groups in total. The van der Waals surface area contributed by atoms with Gasteiger partial charge in [-0.1, -0.05) is 0 Å². The first-order valence-electron chi connectivity index (χ1n) is 8.71. The topological polar surface area (TPSA) is 38.1 Å². The lowest BCUT2D eigenvalue weighted by molar-refractivity contribution is -0.146. The Bertz CT molecular complexity index is 558. The van der Waals surface area contributed by atoms with Crippen LogP contribution in [0.5, 0.6) is 0 Å². The molecule has 3 rings (SSSR count). The number of rotatable bonds is 3. The monoisotopic (exact) mass is 325 g/mol. The van der Waals surface area contributed by atoms with Crippen molar-refractivity contribution in [1.29, 1.82) is 0 Å². The van der Waals surface area contributed by atoms with E-state index in [2.05, 4.69) is 4.98 Å². The number of imidazole rings is 1. The molecule has 2 aliphatic rings. The van der Waals surface area contributed by atoms with Crippen molar-refractivity contribution in [2.45, 2.75) is 70.4 Å². The smallest absolute Gasteiger partial charge is 0.248 e. The number of halogens is 2. The molecule has 1 amide bonds. The Kier molecular flexibility index (Phi) is 4.69. The number of hydrogen-bond acceptors (Lipinski definition) is 2. The van der Waals surface area contributed by atoms with Crippen LogP contribution in [0.1, 0.15) is 63.7 Å². The molecule has 0 bridgehead atoms. The first-order valence-corrected chi connectivity index (χ1v) is 8.71. The average molecular weight is 325 g/mol. The minimum atomic E-state index is -2.69. The third-order valence-electron chi connectivity index (χ3n) is 5.16. The van der Waals surface area contributed by atoms with Gasteiger partial charge in [-0.15, -0.1) is 0 Å². The van der Waals surface area contributed by atoms with E-state index in [0.717, 1.165) is 31.6 Å². The van der Waals surface area contributed by atoms with E-state index in [0.29, 0.717) is 19.4 Å². The van der Waals surface area contributed by atoms with E-state index in [9.17, 15) is 13.6 Å². The number of aryl methyl sites for hydroxylation is 1. The summed E-state index contributed by atoms with van der Waals surface area (Å²) < 4.78 is 29.4. The molecule has 128 valence electrons. The van der Waals surface area contributed by atoms with Crippen molar-refractivity contribution in [2.24, 2.45) is 5.92 Å². The maximum atomic E-state index is 13.7. The lowest BCUT2D eigenvalue weighted by atomic mass is 9.84. The van der Waals surface area contributed by atoms with Crippen LogP contribution in [0.25, 0.3) is 0 Å². The molecule has 6 heteroatoms. The van der Waals surface area contributed by atoms with Crippen LogP contribution in [-0.2, 0) is 11.3 Å². The third-order valence-corrected chi connectivity index (χ3v) is 5.16. The molecule has 1 aliphatic carbocycles. The Morgan fingerprint density at radius 2 is 2.17 bits per heavy atom. The summed E-state index contributed by atoms with van der Waals surface area (Å²) in [4.78, 5) is 19.2. The molecule has 2 atom stereocenters. The van der Waals surface area contributed by atoms with Crippen LogP contribution in [0.4, 0.5) is 8.78 Å². The number of carbonyl (C=O) groups excluding carboxylic acids is 1. The Balaban J connectivity index is 1.79. The van der Waals surface area contributed by atoms with E-state index < -0.39 is 11.8 Å². The van der Waals surface area contributed by atoms with Gasteiger partial charge in [0.1, 0.15) is 5.82 Å². The second kappa shape index (κ2) is 6.57. The summed E-state index contributed by atoms with van der Waals surface area (Å²) in [6.07, 6.45) is 7.17. The summed E-state index contributed by atoms with van der Waals surface area (Å²) >= 11 is 0. The van der Waals surface area contributed by atoms with Crippen molar-refractivity contribution in [3.05, 3.63) is 18.2 Å². The molecule has 4 nitrogen and oxygen atoms in total. The molecule has 1 aliphatic heterocycles. The van der Waals surface area contributed by atoms with Crippen molar-refractivity contribution >= 4 is 5.91 Å². The number of amides is 1. The van der Waals surface area contributed by atoms with Crippen LogP contribution in [0.3, 0.4) is 0 Å². The Morgan fingerprint density at radius 3 is 2.91 bits per heavy atom. The molecule has 2 heterocycles. The second-order valence-corrected chi connectivity index (χ2v) is 6.76. The van der Waals surface area contributed by atoms with E-state index >= 15 is 0 Å². The van der Waals surface area contributed by atoms with Gasteiger partial charge in [-0.3, -0.25) is 4.79 Å². The Hall–Kier alpha value is -1.46. The lowest BCUT2D eigenvalue weighted by Crippen LogP contribution is -2.45. The van der Waals surface area contributed by atoms with Crippen LogP contribution in [-0.4, -0.2) is 32.8 Å². The number of piperidine rings is 1. The van der Waals surface area contributed by atoms with E-state index in [1.165, 1.54) is 0 Å². The molecule has 1 saturated carbocycles. The minimum Gasteiger partial charge on any atom is -0.333 e. The van der Waals surface area contributed by atoms with E-state index in [4.69, 9.17) is 0 Å². The first-order chi connectivity index (χ1) is 11.0. The van der Waals surface area contributed by atoms with Gasteiger partial charge in [0.15, 0.2) is 0 Å². The number of carbonyl (C=O) groups is 1. The van der Waals surface area contributed by atoms with Gasteiger partial charge in [0.25, 0.3) is 0 Å². The largest absolute Gasteiger partial charge is 0.333 e. The first kappa shape index (κ1) is 16.4. The summed E-state index contributed by atoms with van der Waals surface area (Å²) in [5.41, 5.74) is 0. The van der Waals surface area contributed by atoms with E-state index in [-0.39, 0.29) is 24.8 Å². The van der Waals surface area contributed by atoms with Gasteiger partial charge in [0, 0.05) is 44.2 Å². The highest BCUT2D eigenvalue weighted by atomic mass is 19.3. The fraction of sp³-hybridized carbons (Fsp3) is 0.765. The zero-order valence-corrected chi connectivity index (χ0v) is 13.7. The predicted molar refractivity (Wildman–Crippen MR) is 83.1 cm³/mol. The highest BCUT2D eigenvalue weighted by Gasteiger charge is 2.42. The molecular weight excluding hydrogens is 300 g/mol. The number of likely N-dealkylation sites (tertiary alicyclic amines) is 1. The van der Waals surface area contributed by atoms with Crippen molar-refractivity contribution in [3.63, 3.8) is 0 Å². The van der Waals surface area contributed by atoms with Crippen LogP contribution < -0.4 is 0 Å². The molecule has 1 saturated heterocycles. The average Bonchev–Trinajstić information content (AvgIpc) is 3.01. The van der Waals surface area contributed by atoms with Gasteiger partial charge >= 0.3 is 0 Å². The van der Waals surface area contributed by atoms with Crippen LogP contribution >= 0.6 is 0 Å². The lowest BCUT2D eigenvalue weighted by Gasteiger charge is -2.39. The summed E-state index contributed by atoms with van der Waals surface area (Å²) in [6.45, 7) is 3.50. The van der Waals surface area contributed by atoms with Crippen molar-refractivity contribution in [2.75, 3.05) is 6.54 Å². The standard InChI is InChI=1S/C17H25F2N3O/c1-2-21-11-9-20-15(21)14-7-3-4-10-22(14)16(23)13-6-5-8-17(18,19)12-13/h9,11,13-14H,2-8,10,12H2,1H3/t13-,14-/m1/s1. The Morgan fingerprint density at radius 1 is 1.35 bits per heavy atom. The van der Waals surface area contributed by atoms with Gasteiger partial charge < -0.3 is 9.47 Å². The molecule has 0 radical (unpaired) electrons. The zero-order chi connectivity index (χ0) is 16.4. The Labute approximate surface area is 135 Å². The maximum absolute atomic E-state index is 13.7. The molecule has 0 aromatic carbocycles. The summed E-state index contributed by atoms with van der Waals surface area (Å²) in [6, 6.07) is -0.0678. The molecule has 0 spiro atoms. The molecule has 1 aromatic heterocycles. The minimum absolute atomic E-state index is 0.0678. The molecule has 23 heavy (non-hydrogen) atoms. The highest BCUT2D eigenvalue weighted by molar-refractivity contribution is 5.79. The molecule has 2 fully saturated rings. The van der Waals surface area contributed by atoms with Gasteiger partial charge in [0.2, 0.25) is 11.8 Å². The third kappa shape index (κ3) is 3.40. The zero-order valence-electron chi connectivity index (χ0n) is 13.7. The summed E-state index contributed by atoms with van der Waals surface area (Å²) in [7, 11) is 0. The van der Waals surface area contributed by atoms with Gasteiger partial charge in [-0.25, -0.2) is 13.8 Å². The van der Waals surface area contributed by atoms with Crippen molar-refractivity contribution < 1.29 is 13.6 Å². The number of nitrogens with zero attached hydrogens (tertiary/aromatic N) is 3. The number of alkyl halides is 2. The van der Waals surface area contributed by atoms with Gasteiger partial charge in [-0.2, -0.15) is 0 Å². The molecular formula is C17H25F2N3O. The second-order valence-electron chi connectivity index (χ2n) is 6.76. The predicted octanol–water partition coefficient (Wildman–Crippen LogP) is 3.78.